The van der Waals surface area contributed by atoms with E-state index in [2.05, 4.69) is 22.2 Å². The lowest BCUT2D eigenvalue weighted by Gasteiger charge is -2.34. The maximum atomic E-state index is 11.1. The van der Waals surface area contributed by atoms with Gasteiger partial charge in [-0.2, -0.15) is 0 Å². The van der Waals surface area contributed by atoms with Gasteiger partial charge in [-0.3, -0.25) is 4.79 Å². The van der Waals surface area contributed by atoms with E-state index in [1.807, 2.05) is 0 Å². The van der Waals surface area contributed by atoms with Crippen molar-refractivity contribution < 1.29 is 9.90 Å². The molecule has 1 heterocycles. The molecule has 1 fully saturated rings. The van der Waals surface area contributed by atoms with Crippen molar-refractivity contribution in [3.05, 3.63) is 0 Å². The van der Waals surface area contributed by atoms with Gasteiger partial charge in [-0.15, -0.1) is 0 Å². The van der Waals surface area contributed by atoms with Crippen LogP contribution in [0.3, 0.4) is 0 Å². The summed E-state index contributed by atoms with van der Waals surface area (Å²) < 4.78 is 0. The van der Waals surface area contributed by atoms with Crippen LogP contribution in [0.5, 0.6) is 0 Å². The van der Waals surface area contributed by atoms with Gasteiger partial charge in [0, 0.05) is 32.7 Å². The zero-order valence-corrected chi connectivity index (χ0v) is 10.5. The molecule has 0 bridgehead atoms. The van der Waals surface area contributed by atoms with Crippen LogP contribution in [-0.2, 0) is 4.79 Å². The van der Waals surface area contributed by atoms with E-state index in [0.29, 0.717) is 6.42 Å². The number of carbonyl (C=O) groups is 1. The first-order valence-corrected chi connectivity index (χ1v) is 5.81. The van der Waals surface area contributed by atoms with Crippen molar-refractivity contribution in [1.82, 2.24) is 15.1 Å². The zero-order valence-electron chi connectivity index (χ0n) is 10.5. The summed E-state index contributed by atoms with van der Waals surface area (Å²) in [5.41, 5.74) is -0.802. The average Bonchev–Trinajstić information content (AvgIpc) is 2.27. The predicted molar refractivity (Wildman–Crippen MR) is 63.7 cm³/mol. The van der Waals surface area contributed by atoms with E-state index in [0.717, 1.165) is 32.7 Å². The normalized spacial score (nSPS) is 22.9. The third-order valence-electron chi connectivity index (χ3n) is 3.55. The number of aliphatic carboxylic acids is 1. The first-order valence-electron chi connectivity index (χ1n) is 5.81. The van der Waals surface area contributed by atoms with E-state index in [4.69, 9.17) is 5.11 Å². The second-order valence-corrected chi connectivity index (χ2v) is 4.78. The minimum absolute atomic E-state index is 0.641. The van der Waals surface area contributed by atoms with Crippen molar-refractivity contribution in [2.24, 2.45) is 0 Å². The highest BCUT2D eigenvalue weighted by atomic mass is 16.4. The maximum absolute atomic E-state index is 11.1. The number of carboxylic acids is 1. The number of hydrogen-bond acceptors (Lipinski definition) is 4. The molecule has 0 saturated carbocycles. The number of likely N-dealkylation sites (N-methyl/N-ethyl adjacent to an activating group) is 2. The number of piperazine rings is 1. The second kappa shape index (κ2) is 5.61. The Bertz CT molecular complexity index is 239. The van der Waals surface area contributed by atoms with Gasteiger partial charge >= 0.3 is 5.97 Å². The molecule has 16 heavy (non-hydrogen) atoms. The molecule has 1 aliphatic heterocycles. The van der Waals surface area contributed by atoms with Gasteiger partial charge in [0.05, 0.1) is 0 Å². The van der Waals surface area contributed by atoms with E-state index in [1.165, 1.54) is 0 Å². The molecule has 1 aliphatic rings. The van der Waals surface area contributed by atoms with Crippen molar-refractivity contribution in [3.8, 4) is 0 Å². The van der Waals surface area contributed by atoms with E-state index < -0.39 is 11.5 Å². The van der Waals surface area contributed by atoms with Gasteiger partial charge in [-0.1, -0.05) is 0 Å². The molecule has 5 heteroatoms. The van der Waals surface area contributed by atoms with Crippen LogP contribution in [0.15, 0.2) is 0 Å². The minimum atomic E-state index is -0.802. The molecule has 0 amide bonds. The van der Waals surface area contributed by atoms with Gasteiger partial charge in [0.25, 0.3) is 0 Å². The molecular formula is C11H23N3O2. The van der Waals surface area contributed by atoms with Crippen molar-refractivity contribution in [2.45, 2.75) is 18.9 Å². The van der Waals surface area contributed by atoms with Crippen LogP contribution in [0.2, 0.25) is 0 Å². The highest BCUT2D eigenvalue weighted by Gasteiger charge is 2.31. The fourth-order valence-corrected chi connectivity index (χ4v) is 1.79. The summed E-state index contributed by atoms with van der Waals surface area (Å²) in [7, 11) is 3.82. The lowest BCUT2D eigenvalue weighted by Crippen LogP contribution is -2.51. The van der Waals surface area contributed by atoms with Crippen LogP contribution < -0.4 is 5.32 Å². The van der Waals surface area contributed by atoms with E-state index in [-0.39, 0.29) is 0 Å². The Balaban J connectivity index is 2.36. The molecule has 0 aromatic heterocycles. The standard InChI is InChI=1S/C11H23N3O2/c1-11(12-2,10(15)16)4-5-14-8-6-13(3)7-9-14/h12H,4-9H2,1-3H3,(H,15,16). The fourth-order valence-electron chi connectivity index (χ4n) is 1.79. The Morgan fingerprint density at radius 2 is 1.94 bits per heavy atom. The predicted octanol–water partition coefficient (Wildman–Crippen LogP) is -0.313. The van der Waals surface area contributed by atoms with Crippen molar-refractivity contribution >= 4 is 5.97 Å². The van der Waals surface area contributed by atoms with E-state index in [1.54, 1.807) is 14.0 Å². The first-order chi connectivity index (χ1) is 7.48. The molecule has 94 valence electrons. The number of nitrogens with one attached hydrogen (secondary N) is 1. The highest BCUT2D eigenvalue weighted by Crippen LogP contribution is 2.11. The molecule has 1 rings (SSSR count). The van der Waals surface area contributed by atoms with Crippen molar-refractivity contribution in [1.29, 1.82) is 0 Å². The Hall–Kier alpha value is -0.650. The van der Waals surface area contributed by atoms with E-state index >= 15 is 0 Å². The molecule has 1 unspecified atom stereocenters. The number of carboxylic acid groups (broad SMARTS) is 1. The summed E-state index contributed by atoms with van der Waals surface area (Å²) in [5, 5.41) is 12.0. The molecule has 0 aromatic carbocycles. The highest BCUT2D eigenvalue weighted by molar-refractivity contribution is 5.78. The summed E-state index contributed by atoms with van der Waals surface area (Å²) in [4.78, 5) is 15.7. The third-order valence-corrected chi connectivity index (χ3v) is 3.55. The monoisotopic (exact) mass is 229 g/mol. The molecular weight excluding hydrogens is 206 g/mol. The molecule has 5 nitrogen and oxygen atoms in total. The minimum Gasteiger partial charge on any atom is -0.480 e. The number of hydrogen-bond donors (Lipinski definition) is 2. The van der Waals surface area contributed by atoms with Crippen LogP contribution >= 0.6 is 0 Å². The smallest absolute Gasteiger partial charge is 0.323 e. The van der Waals surface area contributed by atoms with Crippen LogP contribution in [-0.4, -0.2) is 73.2 Å². The van der Waals surface area contributed by atoms with Crippen LogP contribution in [0.4, 0.5) is 0 Å². The summed E-state index contributed by atoms with van der Waals surface area (Å²) in [6, 6.07) is 0. The second-order valence-electron chi connectivity index (χ2n) is 4.78. The maximum Gasteiger partial charge on any atom is 0.323 e. The Morgan fingerprint density at radius 1 is 1.38 bits per heavy atom. The Kier molecular flexibility index (Phi) is 4.70. The molecule has 0 radical (unpaired) electrons. The quantitative estimate of drug-likeness (QED) is 0.677. The van der Waals surface area contributed by atoms with Gasteiger partial charge < -0.3 is 20.2 Å². The molecule has 1 saturated heterocycles. The van der Waals surface area contributed by atoms with Gasteiger partial charge in [0.15, 0.2) is 0 Å². The first kappa shape index (κ1) is 13.4. The topological polar surface area (TPSA) is 55.8 Å². The Morgan fingerprint density at radius 3 is 2.38 bits per heavy atom. The average molecular weight is 229 g/mol. The van der Waals surface area contributed by atoms with E-state index in [9.17, 15) is 4.79 Å². The van der Waals surface area contributed by atoms with Gasteiger partial charge in [0.2, 0.25) is 0 Å². The van der Waals surface area contributed by atoms with Crippen molar-refractivity contribution in [2.75, 3.05) is 46.8 Å². The van der Waals surface area contributed by atoms with Crippen LogP contribution in [0.25, 0.3) is 0 Å². The summed E-state index contributed by atoms with van der Waals surface area (Å²) in [5.74, 6) is -0.774. The molecule has 2 N–H and O–H groups in total. The number of nitrogens with zero attached hydrogens (tertiary/aromatic N) is 2. The number of rotatable bonds is 5. The lowest BCUT2D eigenvalue weighted by atomic mass is 9.98. The van der Waals surface area contributed by atoms with Crippen LogP contribution in [0, 0.1) is 0 Å². The summed E-state index contributed by atoms with van der Waals surface area (Å²) in [6.07, 6.45) is 0.641. The Labute approximate surface area is 97.4 Å². The summed E-state index contributed by atoms with van der Waals surface area (Å²) in [6.45, 7) is 6.81. The molecule has 0 aliphatic carbocycles. The van der Waals surface area contributed by atoms with Crippen LogP contribution in [0.1, 0.15) is 13.3 Å². The largest absolute Gasteiger partial charge is 0.480 e. The van der Waals surface area contributed by atoms with Gasteiger partial charge in [-0.25, -0.2) is 0 Å². The molecule has 1 atom stereocenters. The molecule has 0 aromatic rings. The van der Waals surface area contributed by atoms with Gasteiger partial charge in [-0.05, 0) is 27.4 Å². The fraction of sp³-hybridized carbons (Fsp3) is 0.909. The molecule has 0 spiro atoms. The summed E-state index contributed by atoms with van der Waals surface area (Å²) >= 11 is 0. The zero-order chi connectivity index (χ0) is 12.2. The van der Waals surface area contributed by atoms with Crippen molar-refractivity contribution in [3.63, 3.8) is 0 Å². The SMILES string of the molecule is CNC(C)(CCN1CCN(C)CC1)C(=O)O. The third kappa shape index (κ3) is 3.43. The lowest BCUT2D eigenvalue weighted by molar-refractivity contribution is -0.144. The van der Waals surface area contributed by atoms with Gasteiger partial charge in [0.1, 0.15) is 5.54 Å².